The Morgan fingerprint density at radius 2 is 2.06 bits per heavy atom. The minimum atomic E-state index is -2.51. The molecule has 0 aromatic heterocycles. The summed E-state index contributed by atoms with van der Waals surface area (Å²) in [7, 11) is 0. The summed E-state index contributed by atoms with van der Waals surface area (Å²) in [6, 6.07) is 4.03. The fourth-order valence-electron chi connectivity index (χ4n) is 1.94. The highest BCUT2D eigenvalue weighted by atomic mass is 16.2. The van der Waals surface area contributed by atoms with E-state index in [0.717, 1.165) is 13.1 Å². The van der Waals surface area contributed by atoms with Gasteiger partial charge in [-0.1, -0.05) is 18.2 Å². The Kier molecular flexibility index (Phi) is 2.41. The van der Waals surface area contributed by atoms with Gasteiger partial charge in [-0.2, -0.15) is 0 Å². The average molecular weight is 253 g/mol. The van der Waals surface area contributed by atoms with Gasteiger partial charge < -0.3 is 10.6 Å². The lowest BCUT2D eigenvalue weighted by molar-refractivity contribution is -0.117. The highest BCUT2D eigenvalue weighted by Gasteiger charge is 2.14. The fourth-order valence-corrected chi connectivity index (χ4v) is 1.94. The molecule has 2 rings (SSSR count). The summed E-state index contributed by atoms with van der Waals surface area (Å²) in [5.74, 6) is -0.418. The maximum Gasteiger partial charge on any atom is 0.238 e. The first-order chi connectivity index (χ1) is 11.1. The van der Waals surface area contributed by atoms with Crippen molar-refractivity contribution in [2.45, 2.75) is 13.7 Å². The van der Waals surface area contributed by atoms with Crippen molar-refractivity contribution in [3.05, 3.63) is 29.3 Å². The molecule has 0 atom stereocenters. The molecule has 0 saturated carbocycles. The summed E-state index contributed by atoms with van der Waals surface area (Å²) in [5.41, 5.74) is -0.452. The van der Waals surface area contributed by atoms with E-state index in [1.54, 1.807) is 0 Å². The van der Waals surface area contributed by atoms with Crippen LogP contribution in [0, 0.1) is 13.7 Å². The quantitative estimate of drug-likeness (QED) is 0.849. The van der Waals surface area contributed by atoms with Crippen LogP contribution in [0.25, 0.3) is 0 Å². The number of aryl methyl sites for hydroxylation is 2. The van der Waals surface area contributed by atoms with Crippen LogP contribution in [-0.4, -0.2) is 43.5 Å². The van der Waals surface area contributed by atoms with Crippen molar-refractivity contribution >= 4 is 11.6 Å². The average Bonchev–Trinajstić information content (AvgIpc) is 2.46. The van der Waals surface area contributed by atoms with Gasteiger partial charge in [0.05, 0.1) is 6.54 Å². The Balaban J connectivity index is 2.27. The molecule has 2 N–H and O–H groups in total. The van der Waals surface area contributed by atoms with Crippen LogP contribution in [0.1, 0.15) is 19.4 Å². The third kappa shape index (κ3) is 3.31. The fraction of sp³-hybridized carbons (Fsp3) is 0.500. The molecule has 1 fully saturated rings. The zero-order valence-electron chi connectivity index (χ0n) is 16.1. The number of para-hydroxylation sites is 1. The maximum atomic E-state index is 12.3. The molecule has 0 spiro atoms. The van der Waals surface area contributed by atoms with E-state index in [-0.39, 0.29) is 23.4 Å². The Hall–Kier alpha value is -1.39. The summed E-state index contributed by atoms with van der Waals surface area (Å²) >= 11 is 0. The van der Waals surface area contributed by atoms with Gasteiger partial charge in [0.1, 0.15) is 0 Å². The predicted octanol–water partition coefficient (Wildman–Crippen LogP) is 1.15. The molecule has 4 heteroatoms. The summed E-state index contributed by atoms with van der Waals surface area (Å²) in [4.78, 5) is 14.2. The molecule has 1 aromatic carbocycles. The van der Waals surface area contributed by atoms with Gasteiger partial charge in [0.2, 0.25) is 5.91 Å². The minimum Gasteiger partial charge on any atom is -0.324 e. The smallest absolute Gasteiger partial charge is 0.238 e. The Labute approximate surface area is 117 Å². The lowest BCUT2D eigenvalue weighted by Crippen LogP contribution is -2.46. The van der Waals surface area contributed by atoms with Gasteiger partial charge in [-0.25, -0.2) is 0 Å². The third-order valence-corrected chi connectivity index (χ3v) is 2.91. The lowest BCUT2D eigenvalue weighted by Gasteiger charge is -2.26. The second kappa shape index (κ2) is 5.98. The SMILES string of the molecule is [2H]C([2H])([2H])c1cccc(C([2H])([2H])[2H])c1NC(=O)CN1CCNCC1. The van der Waals surface area contributed by atoms with E-state index < -0.39 is 19.6 Å². The number of rotatable bonds is 3. The number of carbonyl (C=O) groups excluding carboxylic acids is 1. The van der Waals surface area contributed by atoms with Crippen LogP contribution in [0.5, 0.6) is 0 Å². The number of nitrogens with one attached hydrogen (secondary N) is 2. The normalized spacial score (nSPS) is 22.9. The van der Waals surface area contributed by atoms with Crippen molar-refractivity contribution in [3.63, 3.8) is 0 Å². The second-order valence-electron chi connectivity index (χ2n) is 4.30. The van der Waals surface area contributed by atoms with Crippen molar-refractivity contribution in [2.75, 3.05) is 38.0 Å². The maximum absolute atomic E-state index is 12.3. The van der Waals surface area contributed by atoms with E-state index in [2.05, 4.69) is 10.6 Å². The van der Waals surface area contributed by atoms with Gasteiger partial charge in [0, 0.05) is 40.1 Å². The van der Waals surface area contributed by atoms with Crippen LogP contribution >= 0.6 is 0 Å². The van der Waals surface area contributed by atoms with Gasteiger partial charge in [0.15, 0.2) is 0 Å². The number of piperazine rings is 1. The van der Waals surface area contributed by atoms with Crippen LogP contribution in [0.2, 0.25) is 0 Å². The van der Waals surface area contributed by atoms with Gasteiger partial charge in [0.25, 0.3) is 0 Å². The number of anilines is 1. The van der Waals surface area contributed by atoms with Crippen molar-refractivity contribution in [2.24, 2.45) is 0 Å². The third-order valence-electron chi connectivity index (χ3n) is 2.91. The summed E-state index contributed by atoms with van der Waals surface area (Å²) < 4.78 is 45.6. The van der Waals surface area contributed by atoms with E-state index in [1.807, 2.05) is 4.90 Å². The molecule has 1 saturated heterocycles. The zero-order chi connectivity index (χ0) is 18.0. The van der Waals surface area contributed by atoms with Crippen LogP contribution in [-0.2, 0) is 4.79 Å². The zero-order valence-corrected chi connectivity index (χ0v) is 10.1. The first-order valence-corrected chi connectivity index (χ1v) is 5.96. The molecule has 98 valence electrons. The van der Waals surface area contributed by atoms with Gasteiger partial charge in [-0.15, -0.1) is 0 Å². The largest absolute Gasteiger partial charge is 0.324 e. The number of carbonyl (C=O) groups is 1. The van der Waals surface area contributed by atoms with Crippen molar-refractivity contribution in [3.8, 4) is 0 Å². The number of hydrogen-bond donors (Lipinski definition) is 2. The molecule has 1 aliphatic heterocycles. The van der Waals surface area contributed by atoms with E-state index in [4.69, 9.17) is 8.22 Å². The molecular formula is C14H21N3O. The molecule has 1 aromatic rings. The molecule has 1 heterocycles. The molecule has 0 bridgehead atoms. The first kappa shape index (κ1) is 7.26. The van der Waals surface area contributed by atoms with Crippen LogP contribution in [0.3, 0.4) is 0 Å². The minimum absolute atomic E-state index is 0.0947. The highest BCUT2D eigenvalue weighted by Crippen LogP contribution is 2.19. The number of amides is 1. The number of hydrogen-bond acceptors (Lipinski definition) is 3. The molecule has 0 radical (unpaired) electrons. The summed E-state index contributed by atoms with van der Waals surface area (Å²) in [5, 5.41) is 5.69. The Morgan fingerprint density at radius 1 is 1.39 bits per heavy atom. The highest BCUT2D eigenvalue weighted by molar-refractivity contribution is 5.93. The summed E-state index contributed by atoms with van der Waals surface area (Å²) in [6.07, 6.45) is 0. The Morgan fingerprint density at radius 3 is 2.67 bits per heavy atom. The first-order valence-electron chi connectivity index (χ1n) is 8.96. The second-order valence-corrected chi connectivity index (χ2v) is 4.30. The van der Waals surface area contributed by atoms with E-state index in [9.17, 15) is 4.79 Å². The van der Waals surface area contributed by atoms with E-state index in [0.29, 0.717) is 13.1 Å². The van der Waals surface area contributed by atoms with Crippen LogP contribution in [0.15, 0.2) is 18.2 Å². The molecule has 1 aliphatic rings. The van der Waals surface area contributed by atoms with E-state index >= 15 is 0 Å². The predicted molar refractivity (Wildman–Crippen MR) is 73.9 cm³/mol. The molecule has 0 unspecified atom stereocenters. The van der Waals surface area contributed by atoms with Gasteiger partial charge in [-0.3, -0.25) is 9.69 Å². The monoisotopic (exact) mass is 253 g/mol. The molecule has 0 aliphatic carbocycles. The molecule has 18 heavy (non-hydrogen) atoms. The molecular weight excluding hydrogens is 226 g/mol. The van der Waals surface area contributed by atoms with E-state index in [1.165, 1.54) is 18.2 Å². The van der Waals surface area contributed by atoms with Crippen LogP contribution in [0.4, 0.5) is 5.69 Å². The van der Waals surface area contributed by atoms with Crippen LogP contribution < -0.4 is 10.6 Å². The van der Waals surface area contributed by atoms with Crippen molar-refractivity contribution < 1.29 is 13.0 Å². The van der Waals surface area contributed by atoms with Crippen molar-refractivity contribution in [1.82, 2.24) is 10.2 Å². The van der Waals surface area contributed by atoms with Gasteiger partial charge in [-0.05, 0) is 24.8 Å². The number of benzene rings is 1. The van der Waals surface area contributed by atoms with Gasteiger partial charge >= 0.3 is 0 Å². The topological polar surface area (TPSA) is 44.4 Å². The summed E-state index contributed by atoms with van der Waals surface area (Å²) in [6.45, 7) is -1.96. The molecule has 4 nitrogen and oxygen atoms in total. The molecule has 1 amide bonds. The number of nitrogens with zero attached hydrogens (tertiary/aromatic N) is 1. The lowest BCUT2D eigenvalue weighted by atomic mass is 10.1. The standard InChI is InChI=1S/C14H21N3O/c1-11-4-3-5-12(2)14(11)16-13(18)10-17-8-6-15-7-9-17/h3-5,15H,6-10H2,1-2H3,(H,16,18)/i1D3,2D3. The Bertz CT molecular complexity index is 561. The van der Waals surface area contributed by atoms with Crippen molar-refractivity contribution in [1.29, 1.82) is 0 Å².